The Morgan fingerprint density at radius 1 is 1.38 bits per heavy atom. The van der Waals surface area contributed by atoms with E-state index < -0.39 is 0 Å². The standard InChI is InChI=1S/C19H21N5O2/c1-3-24-11-20-10-16(24)18-22-15-8-13(9-21-19(25)17(15)23-18)12-5-4-6-14(7-12)26-2/h4-7,10-11,13H,3,8-9H2,1-2H3,(H,21,25)(H,22,23)/t13-/m0/s1. The number of nitrogens with one attached hydrogen (secondary N) is 2. The smallest absolute Gasteiger partial charge is 0.271 e. The summed E-state index contributed by atoms with van der Waals surface area (Å²) in [5.74, 6) is 1.50. The van der Waals surface area contributed by atoms with Gasteiger partial charge in [-0.25, -0.2) is 9.97 Å². The number of H-pyrrole nitrogens is 1. The maximum Gasteiger partial charge on any atom is 0.271 e. The molecule has 1 aliphatic rings. The van der Waals surface area contributed by atoms with Crippen molar-refractivity contribution in [3.63, 3.8) is 0 Å². The predicted molar refractivity (Wildman–Crippen MR) is 97.3 cm³/mol. The molecule has 0 radical (unpaired) electrons. The topological polar surface area (TPSA) is 84.8 Å². The third-order valence-corrected chi connectivity index (χ3v) is 4.81. The van der Waals surface area contributed by atoms with Gasteiger partial charge in [-0.05, 0) is 31.0 Å². The van der Waals surface area contributed by atoms with Crippen molar-refractivity contribution in [2.45, 2.75) is 25.8 Å². The Morgan fingerprint density at radius 2 is 2.27 bits per heavy atom. The number of aromatic nitrogens is 4. The molecule has 0 unspecified atom stereocenters. The summed E-state index contributed by atoms with van der Waals surface area (Å²) < 4.78 is 7.32. The fourth-order valence-corrected chi connectivity index (χ4v) is 3.39. The molecule has 0 fully saturated rings. The van der Waals surface area contributed by atoms with Crippen LogP contribution < -0.4 is 10.1 Å². The Balaban J connectivity index is 1.69. The van der Waals surface area contributed by atoms with Gasteiger partial charge in [-0.3, -0.25) is 4.79 Å². The van der Waals surface area contributed by atoms with E-state index in [-0.39, 0.29) is 11.8 Å². The highest BCUT2D eigenvalue weighted by Gasteiger charge is 2.27. The van der Waals surface area contributed by atoms with Crippen molar-refractivity contribution >= 4 is 5.91 Å². The minimum Gasteiger partial charge on any atom is -0.497 e. The van der Waals surface area contributed by atoms with Crippen LogP contribution in [0.1, 0.15) is 34.6 Å². The molecule has 1 aromatic carbocycles. The second-order valence-corrected chi connectivity index (χ2v) is 6.37. The number of aryl methyl sites for hydroxylation is 1. The first-order chi connectivity index (χ1) is 12.7. The number of imidazole rings is 2. The van der Waals surface area contributed by atoms with Gasteiger partial charge >= 0.3 is 0 Å². The van der Waals surface area contributed by atoms with Crippen LogP contribution in [0.2, 0.25) is 0 Å². The highest BCUT2D eigenvalue weighted by Crippen LogP contribution is 2.28. The Morgan fingerprint density at radius 3 is 3.08 bits per heavy atom. The molecule has 1 amide bonds. The van der Waals surface area contributed by atoms with Gasteiger partial charge in [0.1, 0.15) is 17.1 Å². The molecule has 0 bridgehead atoms. The first-order valence-electron chi connectivity index (χ1n) is 8.71. The number of aromatic amines is 1. The van der Waals surface area contributed by atoms with E-state index in [1.165, 1.54) is 0 Å². The molecule has 7 nitrogen and oxygen atoms in total. The van der Waals surface area contributed by atoms with Gasteiger partial charge < -0.3 is 19.6 Å². The minimum absolute atomic E-state index is 0.143. The fourth-order valence-electron chi connectivity index (χ4n) is 3.39. The van der Waals surface area contributed by atoms with E-state index in [2.05, 4.69) is 26.3 Å². The molecule has 0 saturated carbocycles. The quantitative estimate of drug-likeness (QED) is 0.756. The van der Waals surface area contributed by atoms with E-state index >= 15 is 0 Å². The lowest BCUT2D eigenvalue weighted by Gasteiger charge is -2.15. The number of rotatable bonds is 4. The fraction of sp³-hybridized carbons (Fsp3) is 0.316. The molecule has 0 saturated heterocycles. The molecular formula is C19H21N5O2. The zero-order valence-corrected chi connectivity index (χ0v) is 14.8. The maximum absolute atomic E-state index is 12.5. The van der Waals surface area contributed by atoms with Crippen molar-refractivity contribution < 1.29 is 9.53 Å². The van der Waals surface area contributed by atoms with Crippen LogP contribution in [0, 0.1) is 0 Å². The van der Waals surface area contributed by atoms with Gasteiger partial charge in [0.25, 0.3) is 5.91 Å². The van der Waals surface area contributed by atoms with Crippen molar-refractivity contribution in [2.24, 2.45) is 0 Å². The molecule has 0 spiro atoms. The summed E-state index contributed by atoms with van der Waals surface area (Å²) in [5, 5.41) is 2.99. The van der Waals surface area contributed by atoms with E-state index in [0.717, 1.165) is 29.2 Å². The van der Waals surface area contributed by atoms with Crippen LogP contribution in [0.3, 0.4) is 0 Å². The van der Waals surface area contributed by atoms with Gasteiger partial charge in [0.15, 0.2) is 5.82 Å². The van der Waals surface area contributed by atoms with Gasteiger partial charge in [0.2, 0.25) is 0 Å². The van der Waals surface area contributed by atoms with Crippen LogP contribution in [-0.2, 0) is 13.0 Å². The SMILES string of the molecule is CCn1cncc1-c1nc2c([nH]1)C[C@H](c1cccc(OC)c1)CNC2=O. The third-order valence-electron chi connectivity index (χ3n) is 4.81. The molecule has 3 heterocycles. The van der Waals surface area contributed by atoms with Gasteiger partial charge in [0, 0.05) is 24.7 Å². The number of carbonyl (C=O) groups is 1. The monoisotopic (exact) mass is 351 g/mol. The van der Waals surface area contributed by atoms with E-state index in [0.29, 0.717) is 24.5 Å². The molecule has 26 heavy (non-hydrogen) atoms. The Labute approximate surface area is 151 Å². The number of benzene rings is 1. The summed E-state index contributed by atoms with van der Waals surface area (Å²) in [6, 6.07) is 7.98. The molecule has 2 N–H and O–H groups in total. The summed E-state index contributed by atoms with van der Waals surface area (Å²) in [6.07, 6.45) is 4.23. The normalized spacial score (nSPS) is 16.7. The molecule has 134 valence electrons. The van der Waals surface area contributed by atoms with Gasteiger partial charge in [0.05, 0.1) is 19.6 Å². The average Bonchev–Trinajstić information content (AvgIpc) is 3.28. The number of ether oxygens (including phenoxy) is 1. The lowest BCUT2D eigenvalue weighted by atomic mass is 9.94. The molecule has 1 atom stereocenters. The first kappa shape index (κ1) is 16.4. The summed E-state index contributed by atoms with van der Waals surface area (Å²) >= 11 is 0. The molecular weight excluding hydrogens is 330 g/mol. The molecule has 2 aromatic heterocycles. The summed E-state index contributed by atoms with van der Waals surface area (Å²) in [6.45, 7) is 3.41. The lowest BCUT2D eigenvalue weighted by molar-refractivity contribution is 0.0950. The zero-order chi connectivity index (χ0) is 18.1. The summed E-state index contributed by atoms with van der Waals surface area (Å²) in [7, 11) is 1.66. The third kappa shape index (κ3) is 2.85. The average molecular weight is 351 g/mol. The van der Waals surface area contributed by atoms with Crippen molar-refractivity contribution in [3.05, 3.63) is 53.7 Å². The van der Waals surface area contributed by atoms with Crippen LogP contribution in [0.4, 0.5) is 0 Å². The van der Waals surface area contributed by atoms with Crippen LogP contribution in [-0.4, -0.2) is 39.1 Å². The number of methoxy groups -OCH3 is 1. The Bertz CT molecular complexity index is 943. The van der Waals surface area contributed by atoms with E-state index in [1.807, 2.05) is 29.7 Å². The maximum atomic E-state index is 12.5. The van der Waals surface area contributed by atoms with Crippen LogP contribution in [0.5, 0.6) is 5.75 Å². The van der Waals surface area contributed by atoms with Crippen molar-refractivity contribution in [3.8, 4) is 17.3 Å². The van der Waals surface area contributed by atoms with Gasteiger partial charge in [-0.15, -0.1) is 0 Å². The molecule has 0 aliphatic carbocycles. The molecule has 4 rings (SSSR count). The summed E-state index contributed by atoms with van der Waals surface area (Å²) in [5.41, 5.74) is 3.33. The number of nitrogens with zero attached hydrogens (tertiary/aromatic N) is 3. The van der Waals surface area contributed by atoms with E-state index in [1.54, 1.807) is 19.6 Å². The number of hydrogen-bond acceptors (Lipinski definition) is 4. The minimum atomic E-state index is -0.143. The van der Waals surface area contributed by atoms with Gasteiger partial charge in [-0.2, -0.15) is 0 Å². The van der Waals surface area contributed by atoms with Crippen LogP contribution in [0.15, 0.2) is 36.8 Å². The zero-order valence-electron chi connectivity index (χ0n) is 14.8. The highest BCUT2D eigenvalue weighted by atomic mass is 16.5. The second kappa shape index (κ2) is 6.67. The number of fused-ring (bicyclic) bond motifs is 1. The first-order valence-corrected chi connectivity index (χ1v) is 8.71. The largest absolute Gasteiger partial charge is 0.497 e. The van der Waals surface area contributed by atoms with Crippen molar-refractivity contribution in [1.29, 1.82) is 0 Å². The summed E-state index contributed by atoms with van der Waals surface area (Å²) in [4.78, 5) is 24.6. The van der Waals surface area contributed by atoms with Crippen LogP contribution >= 0.6 is 0 Å². The van der Waals surface area contributed by atoms with E-state index in [4.69, 9.17) is 4.74 Å². The lowest BCUT2D eigenvalue weighted by Crippen LogP contribution is -2.26. The number of hydrogen-bond donors (Lipinski definition) is 2. The van der Waals surface area contributed by atoms with E-state index in [9.17, 15) is 4.79 Å². The van der Waals surface area contributed by atoms with Crippen LogP contribution in [0.25, 0.3) is 11.5 Å². The Kier molecular flexibility index (Phi) is 4.20. The van der Waals surface area contributed by atoms with Crippen molar-refractivity contribution in [2.75, 3.05) is 13.7 Å². The molecule has 7 heteroatoms. The highest BCUT2D eigenvalue weighted by molar-refractivity contribution is 5.94. The Hall–Kier alpha value is -3.09. The molecule has 1 aliphatic heterocycles. The number of amides is 1. The van der Waals surface area contributed by atoms with Crippen molar-refractivity contribution in [1.82, 2.24) is 24.8 Å². The number of carbonyl (C=O) groups excluding carboxylic acids is 1. The predicted octanol–water partition coefficient (Wildman–Crippen LogP) is 2.37. The molecule has 3 aromatic rings. The second-order valence-electron chi connectivity index (χ2n) is 6.37. The van der Waals surface area contributed by atoms with Gasteiger partial charge in [-0.1, -0.05) is 12.1 Å².